The predicted molar refractivity (Wildman–Crippen MR) is 59.3 cm³/mol. The first-order chi connectivity index (χ1) is 6.91. The summed E-state index contributed by atoms with van der Waals surface area (Å²) >= 11 is 0. The Hall–Kier alpha value is -1.01. The van der Waals surface area contributed by atoms with Crippen molar-refractivity contribution in [3.8, 4) is 12.3 Å². The Balaban J connectivity index is 0.000000288. The summed E-state index contributed by atoms with van der Waals surface area (Å²) in [6.07, 6.45) is 10.1. The van der Waals surface area contributed by atoms with E-state index in [0.29, 0.717) is 0 Å². The maximum Gasteiger partial charge on any atom is 0.305 e. The van der Waals surface area contributed by atoms with Gasteiger partial charge in [-0.15, -0.1) is 6.42 Å². The van der Waals surface area contributed by atoms with Crippen molar-refractivity contribution in [1.82, 2.24) is 0 Å². The van der Waals surface area contributed by atoms with E-state index in [1.165, 1.54) is 6.42 Å². The van der Waals surface area contributed by atoms with E-state index in [1.54, 1.807) is 13.8 Å². The van der Waals surface area contributed by atoms with Crippen LogP contribution in [0.4, 0.5) is 0 Å². The molecule has 0 heterocycles. The molecule has 1 rings (SSSR count). The van der Waals surface area contributed by atoms with Gasteiger partial charge in [0.15, 0.2) is 0 Å². The molecule has 0 aromatic carbocycles. The zero-order valence-electron chi connectivity index (χ0n) is 9.49. The van der Waals surface area contributed by atoms with E-state index < -0.39 is 11.6 Å². The lowest BCUT2D eigenvalue weighted by atomic mass is 9.86. The summed E-state index contributed by atoms with van der Waals surface area (Å²) < 4.78 is 0. The lowest BCUT2D eigenvalue weighted by Gasteiger charge is -2.26. The molecule has 86 valence electrons. The van der Waals surface area contributed by atoms with Crippen LogP contribution in [0.15, 0.2) is 0 Å². The van der Waals surface area contributed by atoms with Crippen LogP contribution in [0.5, 0.6) is 0 Å². The molecule has 0 bridgehead atoms. The van der Waals surface area contributed by atoms with Crippen molar-refractivity contribution in [3.63, 3.8) is 0 Å². The van der Waals surface area contributed by atoms with Crippen molar-refractivity contribution in [3.05, 3.63) is 0 Å². The summed E-state index contributed by atoms with van der Waals surface area (Å²) in [5.41, 5.74) is -0.752. The number of terminal acetylenes is 1. The van der Waals surface area contributed by atoms with Gasteiger partial charge in [0.25, 0.3) is 0 Å². The molecular weight excluding hydrogens is 192 g/mol. The molecule has 3 nitrogen and oxygen atoms in total. The number of hydrogen-bond donors (Lipinski definition) is 2. The van der Waals surface area contributed by atoms with Gasteiger partial charge in [0.1, 0.15) is 5.60 Å². The monoisotopic (exact) mass is 212 g/mol. The topological polar surface area (TPSA) is 57.5 Å². The fourth-order valence-electron chi connectivity index (χ4n) is 1.28. The molecule has 3 heteroatoms. The molecule has 2 N–H and O–H groups in total. The summed E-state index contributed by atoms with van der Waals surface area (Å²) in [6.45, 7) is 3.28. The van der Waals surface area contributed by atoms with Gasteiger partial charge >= 0.3 is 5.97 Å². The summed E-state index contributed by atoms with van der Waals surface area (Å²) in [4.78, 5) is 9.70. The number of carbonyl (C=O) groups is 1. The minimum atomic E-state index is -0.752. The third-order valence-corrected chi connectivity index (χ3v) is 2.44. The summed E-state index contributed by atoms with van der Waals surface area (Å²) in [6, 6.07) is 0. The molecule has 0 atom stereocenters. The first-order valence-electron chi connectivity index (χ1n) is 5.34. The number of rotatable bonds is 1. The van der Waals surface area contributed by atoms with Gasteiger partial charge < -0.3 is 10.2 Å². The molecule has 0 amide bonds. The Morgan fingerprint density at radius 2 is 1.73 bits per heavy atom. The van der Waals surface area contributed by atoms with Crippen molar-refractivity contribution < 1.29 is 15.0 Å². The highest BCUT2D eigenvalue weighted by Crippen LogP contribution is 2.26. The Bertz CT molecular complexity index is 232. The molecule has 0 aromatic rings. The highest BCUT2D eigenvalue weighted by atomic mass is 16.4. The maximum atomic E-state index is 9.70. The fraction of sp³-hybridized carbons (Fsp3) is 0.750. The quantitative estimate of drug-likeness (QED) is 0.654. The van der Waals surface area contributed by atoms with Gasteiger partial charge in [-0.25, -0.2) is 0 Å². The Morgan fingerprint density at radius 3 is 1.93 bits per heavy atom. The minimum absolute atomic E-state index is 0.231. The lowest BCUT2D eigenvalue weighted by molar-refractivity contribution is -0.140. The molecule has 0 aliphatic heterocycles. The normalized spacial score (nSPS) is 18.6. The highest BCUT2D eigenvalue weighted by molar-refractivity contribution is 5.68. The van der Waals surface area contributed by atoms with Gasteiger partial charge in [-0.05, 0) is 25.7 Å². The van der Waals surface area contributed by atoms with E-state index in [1.807, 2.05) is 0 Å². The first-order valence-corrected chi connectivity index (χ1v) is 5.34. The zero-order valence-corrected chi connectivity index (χ0v) is 9.49. The van der Waals surface area contributed by atoms with E-state index in [4.69, 9.17) is 11.5 Å². The molecule has 0 aromatic heterocycles. The van der Waals surface area contributed by atoms with Crippen LogP contribution in [0.3, 0.4) is 0 Å². The Morgan fingerprint density at radius 1 is 1.33 bits per heavy atom. The summed E-state index contributed by atoms with van der Waals surface area (Å²) in [5.74, 6) is 1.46. The molecule has 0 unspecified atom stereocenters. The number of hydrogen-bond acceptors (Lipinski definition) is 2. The van der Waals surface area contributed by atoms with Crippen LogP contribution in [-0.4, -0.2) is 21.8 Å². The van der Waals surface area contributed by atoms with E-state index >= 15 is 0 Å². The van der Waals surface area contributed by atoms with Crippen LogP contribution in [0.2, 0.25) is 0 Å². The third-order valence-electron chi connectivity index (χ3n) is 2.44. The second-order valence-electron chi connectivity index (χ2n) is 4.23. The maximum absolute atomic E-state index is 9.70. The van der Waals surface area contributed by atoms with Gasteiger partial charge in [0, 0.05) is 0 Å². The van der Waals surface area contributed by atoms with Gasteiger partial charge in [-0.2, -0.15) is 0 Å². The molecule has 0 saturated heterocycles. The SMILES string of the molecule is C#CC1(O)CCCCC1.CC(C)C(=O)O. The van der Waals surface area contributed by atoms with Crippen LogP contribution < -0.4 is 0 Å². The molecule has 0 radical (unpaired) electrons. The average molecular weight is 212 g/mol. The van der Waals surface area contributed by atoms with Crippen molar-refractivity contribution >= 4 is 5.97 Å². The van der Waals surface area contributed by atoms with E-state index in [9.17, 15) is 9.90 Å². The number of aliphatic hydroxyl groups is 1. The Labute approximate surface area is 91.5 Å². The number of carboxylic acids is 1. The number of aliphatic carboxylic acids is 1. The van der Waals surface area contributed by atoms with Crippen LogP contribution in [0.25, 0.3) is 0 Å². The second-order valence-corrected chi connectivity index (χ2v) is 4.23. The molecule has 1 aliphatic rings. The largest absolute Gasteiger partial charge is 0.481 e. The zero-order chi connectivity index (χ0) is 11.9. The first kappa shape index (κ1) is 14.0. The van der Waals surface area contributed by atoms with Gasteiger partial charge in [0.2, 0.25) is 0 Å². The fourth-order valence-corrected chi connectivity index (χ4v) is 1.28. The molecular formula is C12H20O3. The van der Waals surface area contributed by atoms with E-state index in [2.05, 4.69) is 5.92 Å². The highest BCUT2D eigenvalue weighted by Gasteiger charge is 2.25. The Kier molecular flexibility index (Phi) is 6.03. The smallest absolute Gasteiger partial charge is 0.305 e. The van der Waals surface area contributed by atoms with E-state index in [-0.39, 0.29) is 5.92 Å². The van der Waals surface area contributed by atoms with Crippen LogP contribution >= 0.6 is 0 Å². The standard InChI is InChI=1S/C8H12O.C4H8O2/c1-2-8(9)6-4-3-5-7-8;1-3(2)4(5)6/h1,9H,3-7H2;3H,1-2H3,(H,5,6). The van der Waals surface area contributed by atoms with Gasteiger partial charge in [0.05, 0.1) is 5.92 Å². The molecule has 1 fully saturated rings. The molecule has 1 aliphatic carbocycles. The summed E-state index contributed by atoms with van der Waals surface area (Å²) in [7, 11) is 0. The van der Waals surface area contributed by atoms with Gasteiger partial charge in [-0.3, -0.25) is 4.79 Å². The molecule has 15 heavy (non-hydrogen) atoms. The van der Waals surface area contributed by atoms with Crippen LogP contribution in [0, 0.1) is 18.3 Å². The van der Waals surface area contributed by atoms with E-state index in [0.717, 1.165) is 25.7 Å². The second kappa shape index (κ2) is 6.47. The molecule has 0 spiro atoms. The van der Waals surface area contributed by atoms with Crippen molar-refractivity contribution in [2.45, 2.75) is 51.6 Å². The lowest BCUT2D eigenvalue weighted by Crippen LogP contribution is -2.28. The minimum Gasteiger partial charge on any atom is -0.481 e. The van der Waals surface area contributed by atoms with Crippen LogP contribution in [0.1, 0.15) is 46.0 Å². The molecule has 1 saturated carbocycles. The average Bonchev–Trinajstić information content (AvgIpc) is 2.20. The van der Waals surface area contributed by atoms with Crippen LogP contribution in [-0.2, 0) is 4.79 Å². The number of carboxylic acid groups (broad SMARTS) is 1. The van der Waals surface area contributed by atoms with Crippen molar-refractivity contribution in [2.75, 3.05) is 0 Å². The third kappa shape index (κ3) is 6.14. The van der Waals surface area contributed by atoms with Crippen molar-refractivity contribution in [1.29, 1.82) is 0 Å². The predicted octanol–water partition coefficient (Wildman–Crippen LogP) is 2.04. The van der Waals surface area contributed by atoms with Gasteiger partial charge in [-0.1, -0.05) is 26.2 Å². The summed E-state index contributed by atoms with van der Waals surface area (Å²) in [5, 5.41) is 17.4. The van der Waals surface area contributed by atoms with Crippen molar-refractivity contribution in [2.24, 2.45) is 5.92 Å².